The Morgan fingerprint density at radius 3 is 2.76 bits per heavy atom. The van der Waals surface area contributed by atoms with Crippen molar-refractivity contribution in [3.63, 3.8) is 0 Å². The first-order valence-electron chi connectivity index (χ1n) is 9.02. The van der Waals surface area contributed by atoms with Crippen molar-refractivity contribution >= 4 is 43.9 Å². The molecule has 0 fully saturated rings. The fourth-order valence-corrected chi connectivity index (χ4v) is 3.21. The Balaban J connectivity index is 1.42. The highest BCUT2D eigenvalue weighted by Crippen LogP contribution is 2.24. The van der Waals surface area contributed by atoms with Crippen molar-refractivity contribution in [1.82, 2.24) is 14.5 Å². The number of nitrogens with zero attached hydrogens (tertiary/aromatic N) is 3. The third-order valence-electron chi connectivity index (χ3n) is 4.59. The first-order chi connectivity index (χ1) is 14.0. The molecule has 4 aromatic rings. The lowest BCUT2D eigenvalue weighted by Crippen LogP contribution is -2.36. The molecule has 8 heteroatoms. The van der Waals surface area contributed by atoms with Crippen LogP contribution in [0.4, 0.5) is 0 Å². The largest absolute Gasteiger partial charge is 0.492 e. The number of ether oxygens (including phenoxy) is 1. The van der Waals surface area contributed by atoms with Crippen molar-refractivity contribution in [3.8, 4) is 5.75 Å². The van der Waals surface area contributed by atoms with Gasteiger partial charge >= 0.3 is 0 Å². The van der Waals surface area contributed by atoms with Gasteiger partial charge in [-0.2, -0.15) is 0 Å². The van der Waals surface area contributed by atoms with Gasteiger partial charge in [-0.3, -0.25) is 14.2 Å². The first-order valence-corrected chi connectivity index (χ1v) is 9.81. The summed E-state index contributed by atoms with van der Waals surface area (Å²) in [6.07, 6.45) is 1.39. The summed E-state index contributed by atoms with van der Waals surface area (Å²) in [5.74, 6) is 0.508. The number of para-hydroxylation sites is 1. The standard InChI is InChI=1S/C21H18BrN3O4/c1-24(10-11-28-15-8-6-14(22)7-9-15)18(26)12-25-13-23-19-16-4-2-3-5-17(16)29-20(19)21(25)27/h2-9,13H,10-12H2,1H3. The highest BCUT2D eigenvalue weighted by Gasteiger charge is 2.16. The summed E-state index contributed by atoms with van der Waals surface area (Å²) < 4.78 is 13.5. The quantitative estimate of drug-likeness (QED) is 0.444. The summed E-state index contributed by atoms with van der Waals surface area (Å²) >= 11 is 3.37. The van der Waals surface area contributed by atoms with E-state index in [0.29, 0.717) is 24.3 Å². The SMILES string of the molecule is CN(CCOc1ccc(Br)cc1)C(=O)Cn1cnc2c(oc3ccccc32)c1=O. The third kappa shape index (κ3) is 4.02. The molecule has 7 nitrogen and oxygen atoms in total. The number of furan rings is 1. The number of hydrogen-bond donors (Lipinski definition) is 0. The second-order valence-electron chi connectivity index (χ2n) is 6.57. The van der Waals surface area contributed by atoms with Gasteiger partial charge in [0.1, 0.15) is 30.0 Å². The molecule has 0 aliphatic rings. The topological polar surface area (TPSA) is 77.6 Å². The van der Waals surface area contributed by atoms with E-state index in [1.165, 1.54) is 15.8 Å². The van der Waals surface area contributed by atoms with Gasteiger partial charge in [-0.05, 0) is 36.4 Å². The summed E-state index contributed by atoms with van der Waals surface area (Å²) in [6, 6.07) is 14.8. The fraction of sp³-hybridized carbons (Fsp3) is 0.190. The summed E-state index contributed by atoms with van der Waals surface area (Å²) in [6.45, 7) is 0.622. The molecule has 0 aliphatic carbocycles. The van der Waals surface area contributed by atoms with Gasteiger partial charge in [0.2, 0.25) is 11.5 Å². The van der Waals surface area contributed by atoms with Crippen LogP contribution in [0.1, 0.15) is 0 Å². The van der Waals surface area contributed by atoms with Crippen LogP contribution in [0.15, 0.2) is 68.5 Å². The number of benzene rings is 2. The molecule has 148 valence electrons. The smallest absolute Gasteiger partial charge is 0.297 e. The average molecular weight is 456 g/mol. The van der Waals surface area contributed by atoms with E-state index in [0.717, 1.165) is 15.6 Å². The monoisotopic (exact) mass is 455 g/mol. The van der Waals surface area contributed by atoms with E-state index >= 15 is 0 Å². The molecule has 0 saturated heterocycles. The van der Waals surface area contributed by atoms with Crippen LogP contribution in [-0.4, -0.2) is 40.6 Å². The summed E-state index contributed by atoms with van der Waals surface area (Å²) in [5, 5.41) is 0.778. The van der Waals surface area contributed by atoms with Gasteiger partial charge in [0, 0.05) is 16.9 Å². The Bertz CT molecular complexity index is 1230. The van der Waals surface area contributed by atoms with Crippen molar-refractivity contribution < 1.29 is 13.9 Å². The first kappa shape index (κ1) is 19.2. The number of likely N-dealkylation sites (N-methyl/N-ethyl adjacent to an activating group) is 1. The molecular weight excluding hydrogens is 438 g/mol. The summed E-state index contributed by atoms with van der Waals surface area (Å²) in [7, 11) is 1.67. The predicted octanol–water partition coefficient (Wildman–Crippen LogP) is 3.44. The normalized spacial score (nSPS) is 11.1. The van der Waals surface area contributed by atoms with Gasteiger partial charge < -0.3 is 14.1 Å². The molecule has 4 rings (SSSR count). The molecule has 0 saturated carbocycles. The maximum absolute atomic E-state index is 12.7. The number of amides is 1. The molecular formula is C21H18BrN3O4. The highest BCUT2D eigenvalue weighted by molar-refractivity contribution is 9.10. The van der Waals surface area contributed by atoms with Crippen LogP contribution >= 0.6 is 15.9 Å². The molecule has 1 amide bonds. The molecule has 0 atom stereocenters. The highest BCUT2D eigenvalue weighted by atomic mass is 79.9. The van der Waals surface area contributed by atoms with Crippen LogP contribution in [0.25, 0.3) is 22.1 Å². The molecule has 0 unspecified atom stereocenters. The molecule has 0 spiro atoms. The number of rotatable bonds is 6. The number of fused-ring (bicyclic) bond motifs is 3. The number of hydrogen-bond acceptors (Lipinski definition) is 5. The lowest BCUT2D eigenvalue weighted by molar-refractivity contribution is -0.130. The molecule has 0 aliphatic heterocycles. The van der Waals surface area contributed by atoms with Crippen molar-refractivity contribution in [2.24, 2.45) is 0 Å². The maximum Gasteiger partial charge on any atom is 0.297 e. The minimum Gasteiger partial charge on any atom is -0.492 e. The number of halogens is 1. The molecule has 2 heterocycles. The van der Waals surface area contributed by atoms with E-state index in [1.807, 2.05) is 42.5 Å². The molecule has 0 bridgehead atoms. The Kier molecular flexibility index (Phi) is 5.35. The maximum atomic E-state index is 12.7. The van der Waals surface area contributed by atoms with Gasteiger partial charge in [0.05, 0.1) is 12.9 Å². The Labute approximate surface area is 174 Å². The van der Waals surface area contributed by atoms with E-state index in [9.17, 15) is 9.59 Å². The molecule has 29 heavy (non-hydrogen) atoms. The van der Waals surface area contributed by atoms with Crippen molar-refractivity contribution in [2.45, 2.75) is 6.54 Å². The second-order valence-corrected chi connectivity index (χ2v) is 7.49. The van der Waals surface area contributed by atoms with Gasteiger partial charge in [-0.15, -0.1) is 0 Å². The van der Waals surface area contributed by atoms with Crippen LogP contribution in [0.2, 0.25) is 0 Å². The summed E-state index contributed by atoms with van der Waals surface area (Å²) in [5.41, 5.74) is 0.880. The van der Waals surface area contributed by atoms with E-state index in [-0.39, 0.29) is 23.6 Å². The van der Waals surface area contributed by atoms with Gasteiger partial charge in [0.15, 0.2) is 0 Å². The summed E-state index contributed by atoms with van der Waals surface area (Å²) in [4.78, 5) is 31.1. The minimum atomic E-state index is -0.376. The van der Waals surface area contributed by atoms with Crippen LogP contribution in [0, 0.1) is 0 Å². The number of aromatic nitrogens is 2. The predicted molar refractivity (Wildman–Crippen MR) is 113 cm³/mol. The van der Waals surface area contributed by atoms with E-state index in [2.05, 4.69) is 20.9 Å². The van der Waals surface area contributed by atoms with Crippen LogP contribution < -0.4 is 10.3 Å². The number of carbonyl (C=O) groups is 1. The molecule has 2 aromatic carbocycles. The van der Waals surface area contributed by atoms with E-state index in [1.54, 1.807) is 13.1 Å². The van der Waals surface area contributed by atoms with Crippen molar-refractivity contribution in [2.75, 3.05) is 20.2 Å². The zero-order valence-electron chi connectivity index (χ0n) is 15.7. The fourth-order valence-electron chi connectivity index (χ4n) is 2.95. The average Bonchev–Trinajstić information content (AvgIpc) is 3.11. The van der Waals surface area contributed by atoms with Crippen LogP contribution in [0.5, 0.6) is 5.75 Å². The lowest BCUT2D eigenvalue weighted by atomic mass is 10.2. The zero-order valence-corrected chi connectivity index (χ0v) is 17.3. The third-order valence-corrected chi connectivity index (χ3v) is 5.12. The lowest BCUT2D eigenvalue weighted by Gasteiger charge is -2.18. The Morgan fingerprint density at radius 1 is 1.21 bits per heavy atom. The van der Waals surface area contributed by atoms with Crippen LogP contribution in [-0.2, 0) is 11.3 Å². The number of carbonyl (C=O) groups excluding carboxylic acids is 1. The van der Waals surface area contributed by atoms with E-state index in [4.69, 9.17) is 9.15 Å². The van der Waals surface area contributed by atoms with Gasteiger partial charge in [0.25, 0.3) is 5.56 Å². The molecule has 0 N–H and O–H groups in total. The van der Waals surface area contributed by atoms with Crippen LogP contribution in [0.3, 0.4) is 0 Å². The second kappa shape index (κ2) is 8.08. The molecule has 0 radical (unpaired) electrons. The minimum absolute atomic E-state index is 0.117. The van der Waals surface area contributed by atoms with Crippen molar-refractivity contribution in [3.05, 3.63) is 69.7 Å². The van der Waals surface area contributed by atoms with Gasteiger partial charge in [-0.25, -0.2) is 4.98 Å². The van der Waals surface area contributed by atoms with Crippen molar-refractivity contribution in [1.29, 1.82) is 0 Å². The molecule has 2 aromatic heterocycles. The van der Waals surface area contributed by atoms with Gasteiger partial charge in [-0.1, -0.05) is 28.1 Å². The Hall–Kier alpha value is -3.13. The Morgan fingerprint density at radius 2 is 1.97 bits per heavy atom. The van der Waals surface area contributed by atoms with E-state index < -0.39 is 0 Å². The zero-order chi connectivity index (χ0) is 20.4.